The van der Waals surface area contributed by atoms with E-state index in [1.807, 2.05) is 75.4 Å². The molecule has 214 valence electrons. The zero-order valence-corrected chi connectivity index (χ0v) is 25.4. The van der Waals surface area contributed by atoms with Gasteiger partial charge in [0, 0.05) is 19.5 Å². The number of anilines is 1. The number of halogens is 2. The molecule has 1 N–H and O–H groups in total. The summed E-state index contributed by atoms with van der Waals surface area (Å²) >= 11 is 12.5. The number of sulfonamides is 1. The number of nitrogens with zero attached hydrogens (tertiary/aromatic N) is 2. The van der Waals surface area contributed by atoms with Crippen LogP contribution in [0.25, 0.3) is 0 Å². The second kappa shape index (κ2) is 14.0. The minimum atomic E-state index is -3.95. The maximum absolute atomic E-state index is 14.1. The molecule has 0 heterocycles. The van der Waals surface area contributed by atoms with Crippen LogP contribution in [0.15, 0.2) is 72.8 Å². The first-order valence-electron chi connectivity index (χ1n) is 13.0. The van der Waals surface area contributed by atoms with Crippen LogP contribution >= 0.6 is 23.2 Å². The van der Waals surface area contributed by atoms with Crippen molar-refractivity contribution < 1.29 is 18.0 Å². The molecule has 0 aromatic heterocycles. The van der Waals surface area contributed by atoms with E-state index < -0.39 is 28.5 Å². The first-order chi connectivity index (χ1) is 18.9. The van der Waals surface area contributed by atoms with E-state index >= 15 is 0 Å². The normalized spacial score (nSPS) is 12.2. The van der Waals surface area contributed by atoms with Crippen LogP contribution in [0.4, 0.5) is 5.69 Å². The van der Waals surface area contributed by atoms with Gasteiger partial charge in [-0.05, 0) is 41.7 Å². The fourth-order valence-electron chi connectivity index (χ4n) is 4.23. The molecule has 0 saturated carbocycles. The van der Waals surface area contributed by atoms with Crippen molar-refractivity contribution >= 4 is 50.7 Å². The summed E-state index contributed by atoms with van der Waals surface area (Å²) in [7, 11) is -3.95. The summed E-state index contributed by atoms with van der Waals surface area (Å²) < 4.78 is 26.8. The first kappa shape index (κ1) is 31.5. The highest BCUT2D eigenvalue weighted by Gasteiger charge is 2.33. The molecule has 0 aliphatic rings. The Hall–Kier alpha value is -3.07. The lowest BCUT2D eigenvalue weighted by molar-refractivity contribution is -0.140. The standard InChI is InChI=1S/C30H35Cl2N3O4S/c1-21(2)18-33-30(37)27(17-23-12-6-5-7-13-23)34(19-24-14-9-8-11-22(24)3)28(36)20-35(40(4,38)39)26-16-10-15-25(31)29(26)32/h5-16,21,27H,17-20H2,1-4H3,(H,33,37)/t27-/m1/s1. The van der Waals surface area contributed by atoms with E-state index in [9.17, 15) is 18.0 Å². The lowest BCUT2D eigenvalue weighted by Crippen LogP contribution is -2.53. The maximum Gasteiger partial charge on any atom is 0.244 e. The van der Waals surface area contributed by atoms with Crippen LogP contribution in [0, 0.1) is 12.8 Å². The van der Waals surface area contributed by atoms with Gasteiger partial charge < -0.3 is 10.2 Å². The summed E-state index contributed by atoms with van der Waals surface area (Å²) in [6.07, 6.45) is 1.25. The number of hydrogen-bond donors (Lipinski definition) is 1. The highest BCUT2D eigenvalue weighted by atomic mass is 35.5. The molecule has 40 heavy (non-hydrogen) atoms. The third-order valence-corrected chi connectivity index (χ3v) is 8.37. The van der Waals surface area contributed by atoms with E-state index in [1.165, 1.54) is 17.0 Å². The van der Waals surface area contributed by atoms with Crippen molar-refractivity contribution in [3.8, 4) is 0 Å². The monoisotopic (exact) mass is 603 g/mol. The molecule has 0 aliphatic carbocycles. The fraction of sp³-hybridized carbons (Fsp3) is 0.333. The zero-order valence-electron chi connectivity index (χ0n) is 23.1. The van der Waals surface area contributed by atoms with Crippen LogP contribution in [-0.2, 0) is 32.6 Å². The largest absolute Gasteiger partial charge is 0.354 e. The van der Waals surface area contributed by atoms with Crippen molar-refractivity contribution in [2.75, 3.05) is 23.7 Å². The van der Waals surface area contributed by atoms with Gasteiger partial charge in [0.25, 0.3) is 0 Å². The van der Waals surface area contributed by atoms with Crippen LogP contribution in [-0.4, -0.2) is 50.5 Å². The van der Waals surface area contributed by atoms with E-state index in [0.29, 0.717) is 6.54 Å². The average Bonchev–Trinajstić information content (AvgIpc) is 2.90. The summed E-state index contributed by atoms with van der Waals surface area (Å²) in [5.41, 5.74) is 2.74. The number of aryl methyl sites for hydroxylation is 1. The van der Waals surface area contributed by atoms with Gasteiger partial charge in [0.2, 0.25) is 21.8 Å². The number of amides is 2. The molecule has 1 atom stereocenters. The molecule has 0 fully saturated rings. The number of rotatable bonds is 12. The molecular formula is C30H35Cl2N3O4S. The number of carbonyl (C=O) groups excluding carboxylic acids is 2. The smallest absolute Gasteiger partial charge is 0.244 e. The molecule has 10 heteroatoms. The maximum atomic E-state index is 14.1. The van der Waals surface area contributed by atoms with Crippen molar-refractivity contribution in [3.63, 3.8) is 0 Å². The van der Waals surface area contributed by atoms with Gasteiger partial charge in [-0.3, -0.25) is 13.9 Å². The van der Waals surface area contributed by atoms with E-state index in [1.54, 1.807) is 6.07 Å². The highest BCUT2D eigenvalue weighted by molar-refractivity contribution is 7.92. The van der Waals surface area contributed by atoms with Gasteiger partial charge in [0.15, 0.2) is 0 Å². The Morgan fingerprint density at radius 3 is 2.20 bits per heavy atom. The third-order valence-electron chi connectivity index (χ3n) is 6.44. The van der Waals surface area contributed by atoms with E-state index in [2.05, 4.69) is 5.32 Å². The van der Waals surface area contributed by atoms with Gasteiger partial charge >= 0.3 is 0 Å². The minimum Gasteiger partial charge on any atom is -0.354 e. The van der Waals surface area contributed by atoms with Crippen LogP contribution in [0.1, 0.15) is 30.5 Å². The van der Waals surface area contributed by atoms with Gasteiger partial charge in [-0.2, -0.15) is 0 Å². The lowest BCUT2D eigenvalue weighted by Gasteiger charge is -2.34. The van der Waals surface area contributed by atoms with E-state index in [4.69, 9.17) is 23.2 Å². The average molecular weight is 605 g/mol. The number of carbonyl (C=O) groups is 2. The molecule has 0 spiro atoms. The van der Waals surface area contributed by atoms with Crippen molar-refractivity contribution in [2.45, 2.75) is 39.8 Å². The predicted molar refractivity (Wildman–Crippen MR) is 162 cm³/mol. The number of hydrogen-bond acceptors (Lipinski definition) is 4. The van der Waals surface area contributed by atoms with E-state index in [0.717, 1.165) is 27.3 Å². The fourth-order valence-corrected chi connectivity index (χ4v) is 5.53. The third kappa shape index (κ3) is 8.46. The molecular weight excluding hydrogens is 569 g/mol. The Kier molecular flexibility index (Phi) is 11.0. The van der Waals surface area contributed by atoms with Crippen LogP contribution in [0.5, 0.6) is 0 Å². The summed E-state index contributed by atoms with van der Waals surface area (Å²) in [4.78, 5) is 29.2. The van der Waals surface area contributed by atoms with Crippen LogP contribution in [0.2, 0.25) is 10.0 Å². The van der Waals surface area contributed by atoms with Gasteiger partial charge in [-0.15, -0.1) is 0 Å². The molecule has 0 saturated heterocycles. The number of benzene rings is 3. The molecule has 0 bridgehead atoms. The summed E-state index contributed by atoms with van der Waals surface area (Å²) in [6, 6.07) is 20.7. The summed E-state index contributed by atoms with van der Waals surface area (Å²) in [5.74, 6) is -0.663. The molecule has 3 rings (SSSR count). The molecule has 0 aliphatic heterocycles. The van der Waals surface area contributed by atoms with Gasteiger partial charge in [0.05, 0.1) is 22.0 Å². The predicted octanol–water partition coefficient (Wildman–Crippen LogP) is 5.48. The Morgan fingerprint density at radius 1 is 0.925 bits per heavy atom. The minimum absolute atomic E-state index is 0.0170. The van der Waals surface area contributed by atoms with Crippen molar-refractivity contribution in [1.29, 1.82) is 0 Å². The zero-order chi connectivity index (χ0) is 29.4. The summed E-state index contributed by atoms with van der Waals surface area (Å²) in [5, 5.41) is 3.14. The topological polar surface area (TPSA) is 86.8 Å². The Labute approximate surface area is 247 Å². The Balaban J connectivity index is 2.08. The Morgan fingerprint density at radius 2 is 1.57 bits per heavy atom. The van der Waals surface area contributed by atoms with Crippen LogP contribution in [0.3, 0.4) is 0 Å². The number of nitrogens with one attached hydrogen (secondary N) is 1. The highest BCUT2D eigenvalue weighted by Crippen LogP contribution is 2.34. The second-order valence-electron chi connectivity index (χ2n) is 10.1. The first-order valence-corrected chi connectivity index (χ1v) is 15.6. The Bertz CT molecular complexity index is 1430. The molecule has 3 aromatic carbocycles. The van der Waals surface area contributed by atoms with Gasteiger partial charge in [0.1, 0.15) is 12.6 Å². The summed E-state index contributed by atoms with van der Waals surface area (Å²) in [6.45, 7) is 5.89. The molecule has 0 radical (unpaired) electrons. The SMILES string of the molecule is Cc1ccccc1CN(C(=O)CN(c1cccc(Cl)c1Cl)S(C)(=O)=O)[C@H](Cc1ccccc1)C(=O)NCC(C)C. The second-order valence-corrected chi connectivity index (χ2v) is 12.8. The molecule has 3 aromatic rings. The quantitative estimate of drug-likeness (QED) is 0.297. The van der Waals surface area contributed by atoms with Crippen molar-refractivity contribution in [3.05, 3.63) is 99.5 Å². The van der Waals surface area contributed by atoms with Crippen molar-refractivity contribution in [2.24, 2.45) is 5.92 Å². The van der Waals surface area contributed by atoms with Gasteiger partial charge in [-0.1, -0.05) is 97.7 Å². The van der Waals surface area contributed by atoms with Gasteiger partial charge in [-0.25, -0.2) is 8.42 Å². The molecule has 0 unspecified atom stereocenters. The molecule has 7 nitrogen and oxygen atoms in total. The van der Waals surface area contributed by atoms with Crippen molar-refractivity contribution in [1.82, 2.24) is 10.2 Å². The van der Waals surface area contributed by atoms with E-state index in [-0.39, 0.29) is 40.5 Å². The molecule has 2 amide bonds. The lowest BCUT2D eigenvalue weighted by atomic mass is 10.0. The van der Waals surface area contributed by atoms with Crippen LogP contribution < -0.4 is 9.62 Å².